The molecule has 0 aliphatic carbocycles. The van der Waals surface area contributed by atoms with Crippen molar-refractivity contribution in [3.63, 3.8) is 0 Å². The molecule has 2 aromatic carbocycles. The lowest BCUT2D eigenvalue weighted by molar-refractivity contribution is 0.102. The number of hydrogen-bond acceptors (Lipinski definition) is 5. The second-order valence-electron chi connectivity index (χ2n) is 6.26. The Labute approximate surface area is 152 Å². The zero-order valence-electron chi connectivity index (χ0n) is 13.9. The first-order chi connectivity index (χ1) is 12.6. The highest BCUT2D eigenvalue weighted by molar-refractivity contribution is 7.21. The number of anilines is 1. The summed E-state index contributed by atoms with van der Waals surface area (Å²) in [7, 11) is 0. The zero-order chi connectivity index (χ0) is 17.8. The number of nitrogen functional groups attached to an aromatic ring is 1. The number of pyridine rings is 1. The number of ketones is 1. The maximum absolute atomic E-state index is 11.7. The fourth-order valence-corrected chi connectivity index (χ4v) is 4.30. The fourth-order valence-electron chi connectivity index (χ4n) is 3.31. The smallest absolute Gasteiger partial charge is 0.171 e. The molecule has 5 aromatic rings. The lowest BCUT2D eigenvalue weighted by Crippen LogP contribution is -1.93. The van der Waals surface area contributed by atoms with E-state index in [9.17, 15) is 4.79 Å². The maximum Gasteiger partial charge on any atom is 0.171 e. The number of rotatable bonds is 2. The van der Waals surface area contributed by atoms with Crippen LogP contribution < -0.4 is 5.73 Å². The SMILES string of the molecule is CC(=O)c1sc2nc(-c3cc4c(ccc5ccccc54)o3)ccc2c1N. The molecule has 0 bridgehead atoms. The standard InChI is InChI=1S/C21H14N2O2S/c1-11(24)20-19(22)14-7-8-16(23-21(14)26-20)18-10-15-13-5-3-2-4-12(13)6-9-17(15)25-18/h2-10H,22H2,1H3. The maximum atomic E-state index is 11.7. The molecule has 5 rings (SSSR count). The molecule has 0 saturated heterocycles. The number of furan rings is 1. The molecular weight excluding hydrogens is 344 g/mol. The van der Waals surface area contributed by atoms with Gasteiger partial charge in [-0.05, 0) is 35.0 Å². The van der Waals surface area contributed by atoms with Gasteiger partial charge >= 0.3 is 0 Å². The number of fused-ring (bicyclic) bond motifs is 4. The third-order valence-corrected chi connectivity index (χ3v) is 5.81. The molecule has 0 unspecified atom stereocenters. The quantitative estimate of drug-likeness (QED) is 0.414. The molecule has 26 heavy (non-hydrogen) atoms. The second-order valence-corrected chi connectivity index (χ2v) is 7.26. The summed E-state index contributed by atoms with van der Waals surface area (Å²) >= 11 is 1.32. The minimum absolute atomic E-state index is 0.0396. The molecule has 0 saturated carbocycles. The van der Waals surface area contributed by atoms with Gasteiger partial charge in [-0.25, -0.2) is 4.98 Å². The van der Waals surface area contributed by atoms with Crippen LogP contribution in [0.3, 0.4) is 0 Å². The monoisotopic (exact) mass is 358 g/mol. The number of thiophene rings is 1. The Kier molecular flexibility index (Phi) is 3.14. The number of hydrogen-bond donors (Lipinski definition) is 1. The summed E-state index contributed by atoms with van der Waals surface area (Å²) in [6, 6.07) is 18.1. The molecule has 4 nitrogen and oxygen atoms in total. The van der Waals surface area contributed by atoms with Crippen molar-refractivity contribution in [3.05, 3.63) is 59.5 Å². The van der Waals surface area contributed by atoms with Crippen LogP contribution in [0.4, 0.5) is 5.69 Å². The van der Waals surface area contributed by atoms with E-state index in [-0.39, 0.29) is 5.78 Å². The van der Waals surface area contributed by atoms with Crippen LogP contribution in [0.2, 0.25) is 0 Å². The van der Waals surface area contributed by atoms with Crippen LogP contribution in [0.25, 0.3) is 43.4 Å². The molecular formula is C21H14N2O2S. The summed E-state index contributed by atoms with van der Waals surface area (Å²) < 4.78 is 6.04. The second kappa shape index (κ2) is 5.41. The van der Waals surface area contributed by atoms with E-state index >= 15 is 0 Å². The molecule has 3 aromatic heterocycles. The van der Waals surface area contributed by atoms with Crippen molar-refractivity contribution in [3.8, 4) is 11.5 Å². The average Bonchev–Trinajstić information content (AvgIpc) is 3.23. The Morgan fingerprint density at radius 1 is 1.04 bits per heavy atom. The number of Topliss-reactive ketones (excluding diaryl/α,β-unsaturated/α-hetero) is 1. The minimum atomic E-state index is -0.0396. The molecule has 3 heterocycles. The Morgan fingerprint density at radius 3 is 2.73 bits per heavy atom. The van der Waals surface area contributed by atoms with Crippen molar-refractivity contribution in [2.45, 2.75) is 6.92 Å². The molecule has 0 aliphatic heterocycles. The van der Waals surface area contributed by atoms with Crippen LogP contribution in [0, 0.1) is 0 Å². The van der Waals surface area contributed by atoms with Crippen molar-refractivity contribution in [1.29, 1.82) is 0 Å². The summed E-state index contributed by atoms with van der Waals surface area (Å²) in [5.41, 5.74) is 8.14. The topological polar surface area (TPSA) is 69.1 Å². The molecule has 0 fully saturated rings. The molecule has 0 amide bonds. The van der Waals surface area contributed by atoms with Gasteiger partial charge in [0.05, 0.1) is 10.6 Å². The van der Waals surface area contributed by atoms with E-state index in [0.29, 0.717) is 16.3 Å². The van der Waals surface area contributed by atoms with Gasteiger partial charge in [-0.15, -0.1) is 11.3 Å². The number of benzene rings is 2. The first kappa shape index (κ1) is 15.1. The third kappa shape index (κ3) is 2.14. The van der Waals surface area contributed by atoms with Gasteiger partial charge in [-0.1, -0.05) is 30.3 Å². The first-order valence-electron chi connectivity index (χ1n) is 8.23. The highest BCUT2D eigenvalue weighted by Gasteiger charge is 2.16. The van der Waals surface area contributed by atoms with Gasteiger partial charge in [-0.3, -0.25) is 4.79 Å². The molecule has 0 spiro atoms. The van der Waals surface area contributed by atoms with Crippen LogP contribution >= 0.6 is 11.3 Å². The van der Waals surface area contributed by atoms with Crippen LogP contribution in [0.5, 0.6) is 0 Å². The fraction of sp³-hybridized carbons (Fsp3) is 0.0476. The Balaban J connectivity index is 1.72. The lowest BCUT2D eigenvalue weighted by Gasteiger charge is -1.97. The average molecular weight is 358 g/mol. The van der Waals surface area contributed by atoms with Crippen molar-refractivity contribution in [2.75, 3.05) is 5.73 Å². The summed E-state index contributed by atoms with van der Waals surface area (Å²) in [6.07, 6.45) is 0. The van der Waals surface area contributed by atoms with Gasteiger partial charge in [0.1, 0.15) is 16.1 Å². The van der Waals surface area contributed by atoms with Crippen molar-refractivity contribution in [1.82, 2.24) is 4.98 Å². The highest BCUT2D eigenvalue weighted by atomic mass is 32.1. The normalized spacial score (nSPS) is 11.6. The lowest BCUT2D eigenvalue weighted by atomic mass is 10.1. The Bertz CT molecular complexity index is 1330. The molecule has 126 valence electrons. The highest BCUT2D eigenvalue weighted by Crippen LogP contribution is 2.36. The van der Waals surface area contributed by atoms with Crippen LogP contribution in [0.1, 0.15) is 16.6 Å². The molecule has 0 aliphatic rings. The van der Waals surface area contributed by atoms with Gasteiger partial charge in [-0.2, -0.15) is 0 Å². The zero-order valence-corrected chi connectivity index (χ0v) is 14.8. The summed E-state index contributed by atoms with van der Waals surface area (Å²) in [6.45, 7) is 1.52. The number of carbonyl (C=O) groups is 1. The largest absolute Gasteiger partial charge is 0.454 e. The van der Waals surface area contributed by atoms with E-state index in [2.05, 4.69) is 23.2 Å². The van der Waals surface area contributed by atoms with E-state index in [1.807, 2.05) is 36.4 Å². The molecule has 0 radical (unpaired) electrons. The van der Waals surface area contributed by atoms with Gasteiger partial charge in [0.15, 0.2) is 11.5 Å². The summed E-state index contributed by atoms with van der Waals surface area (Å²) in [5.74, 6) is 0.664. The van der Waals surface area contributed by atoms with E-state index in [1.165, 1.54) is 23.6 Å². The van der Waals surface area contributed by atoms with Crippen molar-refractivity contribution >= 4 is 54.8 Å². The first-order valence-corrected chi connectivity index (χ1v) is 9.05. The van der Waals surface area contributed by atoms with E-state index in [0.717, 1.165) is 32.3 Å². The number of aromatic nitrogens is 1. The van der Waals surface area contributed by atoms with E-state index in [4.69, 9.17) is 10.2 Å². The number of nitrogens with two attached hydrogens (primary N) is 1. The summed E-state index contributed by atoms with van der Waals surface area (Å²) in [5, 5.41) is 4.20. The molecule has 5 heteroatoms. The van der Waals surface area contributed by atoms with Gasteiger partial charge < -0.3 is 10.2 Å². The Hall–Kier alpha value is -3.18. The predicted octanol–water partition coefficient (Wildman–Crippen LogP) is 5.65. The Morgan fingerprint density at radius 2 is 1.88 bits per heavy atom. The van der Waals surface area contributed by atoms with Gasteiger partial charge in [0.2, 0.25) is 0 Å². The number of carbonyl (C=O) groups excluding carboxylic acids is 1. The van der Waals surface area contributed by atoms with Crippen molar-refractivity contribution in [2.24, 2.45) is 0 Å². The molecule has 2 N–H and O–H groups in total. The van der Waals surface area contributed by atoms with E-state index < -0.39 is 0 Å². The van der Waals surface area contributed by atoms with Crippen molar-refractivity contribution < 1.29 is 9.21 Å². The van der Waals surface area contributed by atoms with Gasteiger partial charge in [0.25, 0.3) is 0 Å². The number of nitrogens with zero attached hydrogens (tertiary/aromatic N) is 1. The predicted molar refractivity (Wildman–Crippen MR) is 107 cm³/mol. The van der Waals surface area contributed by atoms with E-state index in [1.54, 1.807) is 0 Å². The van der Waals surface area contributed by atoms with Gasteiger partial charge in [0, 0.05) is 17.7 Å². The third-order valence-electron chi connectivity index (χ3n) is 4.59. The summed E-state index contributed by atoms with van der Waals surface area (Å²) in [4.78, 5) is 17.7. The molecule has 0 atom stereocenters. The van der Waals surface area contributed by atoms with Crippen LogP contribution in [0.15, 0.2) is 59.0 Å². The van der Waals surface area contributed by atoms with Crippen LogP contribution in [-0.2, 0) is 0 Å². The minimum Gasteiger partial charge on any atom is -0.454 e. The van der Waals surface area contributed by atoms with Crippen LogP contribution in [-0.4, -0.2) is 10.8 Å².